The van der Waals surface area contributed by atoms with Crippen molar-refractivity contribution in [2.75, 3.05) is 19.7 Å². The lowest BCUT2D eigenvalue weighted by Gasteiger charge is -2.16. The van der Waals surface area contributed by atoms with Crippen LogP contribution in [0.5, 0.6) is 0 Å². The second-order valence-corrected chi connectivity index (χ2v) is 6.40. The van der Waals surface area contributed by atoms with Gasteiger partial charge in [0.2, 0.25) is 0 Å². The monoisotopic (exact) mass is 280 g/mol. The average Bonchev–Trinajstić information content (AvgIpc) is 2.90. The first-order valence-corrected chi connectivity index (χ1v) is 7.84. The number of hydrogen-bond donors (Lipinski definition) is 2. The van der Waals surface area contributed by atoms with Crippen molar-refractivity contribution in [1.82, 2.24) is 10.6 Å². The molecule has 0 bridgehead atoms. The number of carbonyl (C=O) groups excluding carboxylic acids is 1. The maximum atomic E-state index is 11.8. The van der Waals surface area contributed by atoms with E-state index in [1.807, 2.05) is 0 Å². The fourth-order valence-corrected chi connectivity index (χ4v) is 3.55. The number of thiophene rings is 1. The molecule has 2 heterocycles. The molecule has 3 rings (SSSR count). The third kappa shape index (κ3) is 3.09. The molecule has 5 heteroatoms. The van der Waals surface area contributed by atoms with Crippen LogP contribution in [0.4, 0.5) is 4.79 Å². The first kappa shape index (κ1) is 12.9. The number of rotatable bonds is 5. The number of ether oxygens (including phenoxy) is 1. The molecule has 1 saturated heterocycles. The van der Waals surface area contributed by atoms with Crippen molar-refractivity contribution in [3.63, 3.8) is 0 Å². The van der Waals surface area contributed by atoms with Gasteiger partial charge in [0, 0.05) is 30.0 Å². The van der Waals surface area contributed by atoms with Gasteiger partial charge in [0.25, 0.3) is 0 Å². The van der Waals surface area contributed by atoms with Crippen molar-refractivity contribution >= 4 is 17.4 Å². The van der Waals surface area contributed by atoms with Crippen LogP contribution in [0.3, 0.4) is 0 Å². The predicted octanol–water partition coefficient (Wildman–Crippen LogP) is 2.26. The smallest absolute Gasteiger partial charge is 0.314 e. The largest absolute Gasteiger partial charge is 0.376 e. The molecule has 0 aromatic carbocycles. The quantitative estimate of drug-likeness (QED) is 0.869. The lowest BCUT2D eigenvalue weighted by molar-refractivity contribution is 0.111. The molecule has 1 aromatic rings. The molecule has 1 aliphatic carbocycles. The molecule has 1 aliphatic heterocycles. The molecule has 2 amide bonds. The van der Waals surface area contributed by atoms with Crippen molar-refractivity contribution in [2.45, 2.75) is 37.2 Å². The minimum absolute atomic E-state index is 0.0710. The highest BCUT2D eigenvalue weighted by Gasteiger charge is 2.45. The van der Waals surface area contributed by atoms with Gasteiger partial charge in [0.1, 0.15) is 0 Å². The molecule has 2 fully saturated rings. The van der Waals surface area contributed by atoms with Gasteiger partial charge < -0.3 is 15.4 Å². The number of urea groups is 1. The molecule has 2 N–H and O–H groups in total. The summed E-state index contributed by atoms with van der Waals surface area (Å²) in [7, 11) is 0. The summed E-state index contributed by atoms with van der Waals surface area (Å²) in [6.45, 7) is 2.19. The van der Waals surface area contributed by atoms with Crippen LogP contribution < -0.4 is 10.6 Å². The van der Waals surface area contributed by atoms with Gasteiger partial charge >= 0.3 is 6.03 Å². The van der Waals surface area contributed by atoms with E-state index in [1.165, 1.54) is 17.7 Å². The zero-order chi connectivity index (χ0) is 13.1. The Bertz CT molecular complexity index is 423. The van der Waals surface area contributed by atoms with E-state index in [0.29, 0.717) is 6.54 Å². The van der Waals surface area contributed by atoms with Gasteiger partial charge in [-0.2, -0.15) is 0 Å². The Morgan fingerprint density at radius 3 is 3.00 bits per heavy atom. The van der Waals surface area contributed by atoms with Crippen LogP contribution in [0, 0.1) is 0 Å². The highest BCUT2D eigenvalue weighted by molar-refractivity contribution is 7.10. The zero-order valence-corrected chi connectivity index (χ0v) is 11.8. The Kier molecular flexibility index (Phi) is 3.75. The molecule has 0 unspecified atom stereocenters. The second-order valence-electron chi connectivity index (χ2n) is 5.46. The van der Waals surface area contributed by atoms with Crippen LogP contribution in [-0.4, -0.2) is 31.8 Å². The minimum atomic E-state index is -0.0710. The number of hydrogen-bond acceptors (Lipinski definition) is 3. The zero-order valence-electron chi connectivity index (χ0n) is 11.0. The van der Waals surface area contributed by atoms with Crippen LogP contribution in [0.25, 0.3) is 0 Å². The maximum Gasteiger partial charge on any atom is 0.314 e. The summed E-state index contributed by atoms with van der Waals surface area (Å²) in [5, 5.41) is 8.00. The summed E-state index contributed by atoms with van der Waals surface area (Å²) in [5.74, 6) is 0. The molecule has 4 nitrogen and oxygen atoms in total. The molecule has 0 spiro atoms. The Balaban J connectivity index is 1.41. The van der Waals surface area contributed by atoms with E-state index in [0.717, 1.165) is 26.0 Å². The van der Waals surface area contributed by atoms with Gasteiger partial charge in [0.15, 0.2) is 0 Å². The van der Waals surface area contributed by atoms with Crippen molar-refractivity contribution in [3.8, 4) is 0 Å². The Morgan fingerprint density at radius 1 is 1.47 bits per heavy atom. The summed E-state index contributed by atoms with van der Waals surface area (Å²) in [6, 6.07) is 4.18. The number of amides is 2. The van der Waals surface area contributed by atoms with Crippen LogP contribution >= 0.6 is 11.3 Å². The fraction of sp³-hybridized carbons (Fsp3) is 0.643. The Morgan fingerprint density at radius 2 is 2.37 bits per heavy atom. The van der Waals surface area contributed by atoms with Crippen molar-refractivity contribution in [2.24, 2.45) is 0 Å². The van der Waals surface area contributed by atoms with Gasteiger partial charge in [-0.05, 0) is 37.1 Å². The lowest BCUT2D eigenvalue weighted by Crippen LogP contribution is -2.42. The van der Waals surface area contributed by atoms with E-state index in [9.17, 15) is 4.79 Å². The van der Waals surface area contributed by atoms with Crippen molar-refractivity contribution < 1.29 is 9.53 Å². The summed E-state index contributed by atoms with van der Waals surface area (Å²) < 4.78 is 5.48. The SMILES string of the molecule is O=C(NC[C@H]1CCCO1)NCC1(c2cccs2)CC1. The van der Waals surface area contributed by atoms with E-state index in [1.54, 1.807) is 11.3 Å². The summed E-state index contributed by atoms with van der Waals surface area (Å²) in [4.78, 5) is 13.2. The van der Waals surface area contributed by atoms with Crippen LogP contribution in [-0.2, 0) is 10.2 Å². The number of nitrogens with one attached hydrogen (secondary N) is 2. The van der Waals surface area contributed by atoms with Crippen LogP contribution in [0.1, 0.15) is 30.6 Å². The number of carbonyl (C=O) groups is 1. The van der Waals surface area contributed by atoms with Gasteiger partial charge in [0.05, 0.1) is 6.10 Å². The maximum absolute atomic E-state index is 11.8. The normalized spacial score (nSPS) is 24.1. The van der Waals surface area contributed by atoms with Crippen LogP contribution in [0.15, 0.2) is 17.5 Å². The Hall–Kier alpha value is -1.07. The summed E-state index contributed by atoms with van der Waals surface area (Å²) >= 11 is 1.79. The molecule has 104 valence electrons. The minimum Gasteiger partial charge on any atom is -0.376 e. The van der Waals surface area contributed by atoms with Gasteiger partial charge in [-0.3, -0.25) is 0 Å². The van der Waals surface area contributed by atoms with Crippen molar-refractivity contribution in [1.29, 1.82) is 0 Å². The molecule has 1 atom stereocenters. The summed E-state index contributed by atoms with van der Waals surface area (Å²) in [5.41, 5.74) is 0.218. The standard InChI is InChI=1S/C14H20N2O2S/c17-13(15-9-11-3-1-7-18-11)16-10-14(5-6-14)12-4-2-8-19-12/h2,4,8,11H,1,3,5-7,9-10H2,(H2,15,16,17)/t11-/m1/s1. The predicted molar refractivity (Wildman–Crippen MR) is 75.6 cm³/mol. The molecular formula is C14H20N2O2S. The highest BCUT2D eigenvalue weighted by Crippen LogP contribution is 2.49. The topological polar surface area (TPSA) is 50.4 Å². The van der Waals surface area contributed by atoms with Gasteiger partial charge in [-0.25, -0.2) is 4.79 Å². The second kappa shape index (κ2) is 5.51. The van der Waals surface area contributed by atoms with E-state index in [2.05, 4.69) is 28.1 Å². The third-order valence-electron chi connectivity index (χ3n) is 4.00. The summed E-state index contributed by atoms with van der Waals surface area (Å²) in [6.07, 6.45) is 4.73. The van der Waals surface area contributed by atoms with Gasteiger partial charge in [-0.15, -0.1) is 11.3 Å². The molecule has 19 heavy (non-hydrogen) atoms. The molecular weight excluding hydrogens is 260 g/mol. The third-order valence-corrected chi connectivity index (χ3v) is 5.12. The Labute approximate surface area is 117 Å². The first-order chi connectivity index (χ1) is 9.28. The molecule has 1 saturated carbocycles. The van der Waals surface area contributed by atoms with E-state index in [-0.39, 0.29) is 17.6 Å². The average molecular weight is 280 g/mol. The van der Waals surface area contributed by atoms with Crippen molar-refractivity contribution in [3.05, 3.63) is 22.4 Å². The highest BCUT2D eigenvalue weighted by atomic mass is 32.1. The molecule has 1 aromatic heterocycles. The first-order valence-electron chi connectivity index (χ1n) is 6.96. The molecule has 0 radical (unpaired) electrons. The van der Waals surface area contributed by atoms with E-state index in [4.69, 9.17) is 4.74 Å². The van der Waals surface area contributed by atoms with Crippen LogP contribution in [0.2, 0.25) is 0 Å². The molecule has 2 aliphatic rings. The van der Waals surface area contributed by atoms with Gasteiger partial charge in [-0.1, -0.05) is 6.07 Å². The van der Waals surface area contributed by atoms with E-state index < -0.39 is 0 Å². The lowest BCUT2D eigenvalue weighted by atomic mass is 10.1. The van der Waals surface area contributed by atoms with E-state index >= 15 is 0 Å². The fourth-order valence-electron chi connectivity index (χ4n) is 2.57.